The number of nitrogens with two attached hydrogens (primary N) is 1. The zero-order chi connectivity index (χ0) is 26.3. The van der Waals surface area contributed by atoms with Crippen molar-refractivity contribution in [3.05, 3.63) is 95.8 Å². The molecule has 11 heteroatoms. The van der Waals surface area contributed by atoms with Gasteiger partial charge in [-0.2, -0.15) is 13.2 Å². The van der Waals surface area contributed by atoms with Crippen molar-refractivity contribution in [3.63, 3.8) is 0 Å². The van der Waals surface area contributed by atoms with Crippen molar-refractivity contribution >= 4 is 28.3 Å². The highest BCUT2D eigenvalue weighted by Gasteiger charge is 2.34. The van der Waals surface area contributed by atoms with Gasteiger partial charge in [-0.25, -0.2) is 14.4 Å². The molecule has 0 saturated heterocycles. The van der Waals surface area contributed by atoms with E-state index < -0.39 is 23.5 Å². The molecule has 186 valence electrons. The lowest BCUT2D eigenvalue weighted by Gasteiger charge is -2.12. The van der Waals surface area contributed by atoms with Gasteiger partial charge in [-0.1, -0.05) is 6.07 Å². The molecule has 1 amide bonds. The summed E-state index contributed by atoms with van der Waals surface area (Å²) in [6, 6.07) is 12.5. The molecule has 3 N–H and O–H groups in total. The van der Waals surface area contributed by atoms with Crippen molar-refractivity contribution in [1.82, 2.24) is 19.5 Å². The summed E-state index contributed by atoms with van der Waals surface area (Å²) < 4.78 is 54.6. The SMILES string of the molecule is Cc1ccc(NC(=O)c2ccc(F)c(C(F)(F)F)c2)cc1-c1cc2c(ccn2-c2cc(N)ncn2)cn1. The van der Waals surface area contributed by atoms with Crippen LogP contribution in [0, 0.1) is 12.7 Å². The highest BCUT2D eigenvalue weighted by Crippen LogP contribution is 2.33. The topological polar surface area (TPSA) is 98.7 Å². The number of nitrogens with one attached hydrogen (secondary N) is 1. The Labute approximate surface area is 207 Å². The first-order chi connectivity index (χ1) is 17.6. The number of carbonyl (C=O) groups is 1. The maximum Gasteiger partial charge on any atom is 0.419 e. The summed E-state index contributed by atoms with van der Waals surface area (Å²) in [4.78, 5) is 25.4. The second kappa shape index (κ2) is 9.01. The van der Waals surface area contributed by atoms with Gasteiger partial charge in [0.1, 0.15) is 23.8 Å². The van der Waals surface area contributed by atoms with Crippen LogP contribution in [0.5, 0.6) is 0 Å². The van der Waals surface area contributed by atoms with Crippen molar-refractivity contribution in [3.8, 4) is 17.1 Å². The number of nitrogen functional groups attached to an aromatic ring is 1. The maximum absolute atomic E-state index is 13.6. The lowest BCUT2D eigenvalue weighted by Crippen LogP contribution is -2.15. The number of carbonyl (C=O) groups excluding carboxylic acids is 1. The van der Waals surface area contributed by atoms with E-state index in [0.717, 1.165) is 22.5 Å². The van der Waals surface area contributed by atoms with E-state index in [-0.39, 0.29) is 5.56 Å². The number of anilines is 2. The average molecular weight is 506 g/mol. The van der Waals surface area contributed by atoms with Gasteiger partial charge >= 0.3 is 6.18 Å². The fraction of sp³-hybridized carbons (Fsp3) is 0.0769. The Kier molecular flexibility index (Phi) is 5.82. The summed E-state index contributed by atoms with van der Waals surface area (Å²) in [5.41, 5.74) is 7.28. The second-order valence-electron chi connectivity index (χ2n) is 8.29. The monoisotopic (exact) mass is 506 g/mol. The second-order valence-corrected chi connectivity index (χ2v) is 8.29. The van der Waals surface area contributed by atoms with E-state index in [1.165, 1.54) is 6.33 Å². The van der Waals surface area contributed by atoms with Gasteiger partial charge in [0.25, 0.3) is 5.91 Å². The lowest BCUT2D eigenvalue weighted by molar-refractivity contribution is -0.140. The number of hydrogen-bond acceptors (Lipinski definition) is 5. The molecule has 0 spiro atoms. The Morgan fingerprint density at radius 2 is 1.81 bits per heavy atom. The minimum absolute atomic E-state index is 0.322. The molecule has 0 aliphatic carbocycles. The van der Waals surface area contributed by atoms with E-state index in [9.17, 15) is 22.4 Å². The summed E-state index contributed by atoms with van der Waals surface area (Å²) in [7, 11) is 0. The first-order valence-corrected chi connectivity index (χ1v) is 10.9. The van der Waals surface area contributed by atoms with Crippen LogP contribution in [0.3, 0.4) is 0 Å². The first kappa shape index (κ1) is 23.9. The van der Waals surface area contributed by atoms with Gasteiger partial charge in [0.05, 0.1) is 16.8 Å². The van der Waals surface area contributed by atoms with Crippen molar-refractivity contribution in [2.45, 2.75) is 13.1 Å². The number of benzene rings is 2. The molecular weight excluding hydrogens is 488 g/mol. The molecule has 37 heavy (non-hydrogen) atoms. The van der Waals surface area contributed by atoms with Gasteiger partial charge in [-0.3, -0.25) is 9.78 Å². The third-order valence-electron chi connectivity index (χ3n) is 5.80. The summed E-state index contributed by atoms with van der Waals surface area (Å²) in [6.07, 6.45) is -0.0164. The van der Waals surface area contributed by atoms with Crippen LogP contribution in [0.25, 0.3) is 28.0 Å². The van der Waals surface area contributed by atoms with Gasteiger partial charge in [0.15, 0.2) is 0 Å². The van der Waals surface area contributed by atoms with Crippen LogP contribution in [0.2, 0.25) is 0 Å². The summed E-state index contributed by atoms with van der Waals surface area (Å²) in [5, 5.41) is 3.44. The molecule has 7 nitrogen and oxygen atoms in total. The van der Waals surface area contributed by atoms with Crippen molar-refractivity contribution in [1.29, 1.82) is 0 Å². The molecule has 5 rings (SSSR count). The molecule has 5 aromatic rings. The highest BCUT2D eigenvalue weighted by atomic mass is 19.4. The number of aromatic nitrogens is 4. The van der Waals surface area contributed by atoms with E-state index in [2.05, 4.69) is 20.3 Å². The molecule has 0 atom stereocenters. The zero-order valence-electron chi connectivity index (χ0n) is 19.2. The van der Waals surface area contributed by atoms with Crippen LogP contribution in [0.4, 0.5) is 29.1 Å². The van der Waals surface area contributed by atoms with Crippen LogP contribution in [-0.2, 0) is 6.18 Å². The summed E-state index contributed by atoms with van der Waals surface area (Å²) >= 11 is 0. The minimum Gasteiger partial charge on any atom is -0.384 e. The average Bonchev–Trinajstić information content (AvgIpc) is 3.28. The van der Waals surface area contributed by atoms with Gasteiger partial charge < -0.3 is 15.6 Å². The molecule has 0 radical (unpaired) electrons. The van der Waals surface area contributed by atoms with E-state index in [1.807, 2.05) is 29.8 Å². The quantitative estimate of drug-likeness (QED) is 0.301. The van der Waals surface area contributed by atoms with Crippen LogP contribution < -0.4 is 11.1 Å². The molecule has 0 fully saturated rings. The van der Waals surface area contributed by atoms with Gasteiger partial charge in [-0.05, 0) is 55.0 Å². The summed E-state index contributed by atoms with van der Waals surface area (Å²) in [5.74, 6) is -1.35. The Morgan fingerprint density at radius 1 is 1.00 bits per heavy atom. The largest absolute Gasteiger partial charge is 0.419 e. The third kappa shape index (κ3) is 4.70. The predicted molar refractivity (Wildman–Crippen MR) is 131 cm³/mol. The summed E-state index contributed by atoms with van der Waals surface area (Å²) in [6.45, 7) is 1.87. The molecule has 0 saturated carbocycles. The maximum atomic E-state index is 13.6. The van der Waals surface area contributed by atoms with Crippen molar-refractivity contribution < 1.29 is 22.4 Å². The zero-order valence-corrected chi connectivity index (χ0v) is 19.2. The number of aryl methyl sites for hydroxylation is 1. The first-order valence-electron chi connectivity index (χ1n) is 10.9. The highest BCUT2D eigenvalue weighted by molar-refractivity contribution is 6.04. The van der Waals surface area contributed by atoms with Gasteiger partial charge in [-0.15, -0.1) is 0 Å². The molecule has 3 heterocycles. The third-order valence-corrected chi connectivity index (χ3v) is 5.80. The Balaban J connectivity index is 1.48. The normalized spacial score (nSPS) is 11.6. The van der Waals surface area contributed by atoms with Crippen LogP contribution in [0.15, 0.2) is 73.3 Å². The van der Waals surface area contributed by atoms with Crippen LogP contribution >= 0.6 is 0 Å². The minimum atomic E-state index is -4.92. The molecule has 0 aliphatic rings. The number of pyridine rings is 1. The Morgan fingerprint density at radius 3 is 2.57 bits per heavy atom. The van der Waals surface area contributed by atoms with Gasteiger partial charge in [0, 0.05) is 40.7 Å². The van der Waals surface area contributed by atoms with Crippen LogP contribution in [-0.4, -0.2) is 25.4 Å². The standard InChI is InChI=1S/C26H18F4N6O/c1-14-2-4-17(35-25(37)15-3-5-20(27)19(8-15)26(28,29)30)9-18(14)21-10-22-16(12-32-21)6-7-36(22)24-11-23(31)33-13-34-24/h2-13H,1H3,(H,35,37)(H2,31,33,34). The van der Waals surface area contributed by atoms with E-state index in [1.54, 1.807) is 30.5 Å². The Hall–Kier alpha value is -4.80. The molecule has 2 aromatic carbocycles. The molecular formula is C26H18F4N6O. The fourth-order valence-electron chi connectivity index (χ4n) is 3.93. The van der Waals surface area contributed by atoms with Crippen LogP contribution in [0.1, 0.15) is 21.5 Å². The molecule has 3 aromatic heterocycles. The Bertz CT molecular complexity index is 1660. The number of rotatable bonds is 4. The smallest absolute Gasteiger partial charge is 0.384 e. The number of halogens is 4. The molecule has 0 unspecified atom stereocenters. The fourth-order valence-corrected chi connectivity index (χ4v) is 3.93. The number of alkyl halides is 3. The number of fused-ring (bicyclic) bond motifs is 1. The van der Waals surface area contributed by atoms with E-state index in [4.69, 9.17) is 5.73 Å². The molecule has 0 bridgehead atoms. The number of amides is 1. The van der Waals surface area contributed by atoms with E-state index in [0.29, 0.717) is 40.7 Å². The van der Waals surface area contributed by atoms with Crippen molar-refractivity contribution in [2.75, 3.05) is 11.1 Å². The van der Waals surface area contributed by atoms with Gasteiger partial charge in [0.2, 0.25) is 0 Å². The number of nitrogens with zero attached hydrogens (tertiary/aromatic N) is 4. The molecule has 0 aliphatic heterocycles. The number of hydrogen-bond donors (Lipinski definition) is 2. The van der Waals surface area contributed by atoms with Crippen molar-refractivity contribution in [2.24, 2.45) is 0 Å². The lowest BCUT2D eigenvalue weighted by atomic mass is 10.0. The predicted octanol–water partition coefficient (Wildman–Crippen LogP) is 5.78. The van der Waals surface area contributed by atoms with E-state index >= 15 is 0 Å².